The minimum atomic E-state index is -1.42. The minimum Gasteiger partial charge on any atom is -0.481 e. The summed E-state index contributed by atoms with van der Waals surface area (Å²) in [4.78, 5) is 58.5. The van der Waals surface area contributed by atoms with E-state index in [1.54, 1.807) is 0 Å². The van der Waals surface area contributed by atoms with Crippen molar-refractivity contribution in [2.75, 3.05) is 13.1 Å². The van der Waals surface area contributed by atoms with Crippen molar-refractivity contribution in [2.24, 2.45) is 10.8 Å². The van der Waals surface area contributed by atoms with E-state index in [9.17, 15) is 29.4 Å². The highest BCUT2D eigenvalue weighted by Gasteiger charge is 2.81. The molecular weight excluding hydrogens is 382 g/mol. The molecule has 2 atom stereocenters. The lowest BCUT2D eigenvalue weighted by Crippen LogP contribution is -2.35. The second kappa shape index (κ2) is 5.65. The molecule has 0 radical (unpaired) electrons. The van der Waals surface area contributed by atoms with E-state index in [1.165, 1.54) is 9.42 Å². The first-order valence-electron chi connectivity index (χ1n) is 9.51. The van der Waals surface area contributed by atoms with Gasteiger partial charge in [0.15, 0.2) is 0 Å². The van der Waals surface area contributed by atoms with E-state index in [0.717, 1.165) is 25.0 Å². The molecule has 5 rings (SSSR count). The van der Waals surface area contributed by atoms with Crippen molar-refractivity contribution in [1.82, 2.24) is 24.5 Å². The number of hydrogen-bond acceptors (Lipinski definition) is 6. The van der Waals surface area contributed by atoms with Gasteiger partial charge in [-0.15, -0.1) is 0 Å². The number of fused-ring (bicyclic) bond motifs is 3. The number of hydrogen-bond donors (Lipinski definition) is 3. The van der Waals surface area contributed by atoms with E-state index >= 15 is 0 Å². The number of carboxylic acids is 2. The van der Waals surface area contributed by atoms with E-state index in [4.69, 9.17) is 0 Å². The number of carbonyl (C=O) groups excluding carboxylic acids is 1. The zero-order valence-corrected chi connectivity index (χ0v) is 15.5. The molecule has 1 aliphatic heterocycles. The lowest BCUT2D eigenvalue weighted by molar-refractivity contribution is -0.151. The second-order valence-corrected chi connectivity index (χ2v) is 8.23. The third-order valence-corrected chi connectivity index (χ3v) is 6.62. The average Bonchev–Trinajstić information content (AvgIpc) is 2.99. The van der Waals surface area contributed by atoms with Crippen LogP contribution in [0.5, 0.6) is 0 Å². The van der Waals surface area contributed by atoms with Crippen molar-refractivity contribution in [3.05, 3.63) is 27.4 Å². The smallest absolute Gasteiger partial charge is 0.312 e. The van der Waals surface area contributed by atoms with Gasteiger partial charge in [-0.1, -0.05) is 0 Å². The van der Waals surface area contributed by atoms with E-state index in [2.05, 4.69) is 15.1 Å². The van der Waals surface area contributed by atoms with Crippen LogP contribution in [0.15, 0.2) is 4.79 Å². The third kappa shape index (κ3) is 2.29. The van der Waals surface area contributed by atoms with Gasteiger partial charge in [-0.25, -0.2) is 4.98 Å². The molecule has 2 fully saturated rings. The highest BCUT2D eigenvalue weighted by Crippen LogP contribution is 2.68. The molecule has 2 aromatic rings. The molecule has 11 heteroatoms. The van der Waals surface area contributed by atoms with E-state index < -0.39 is 28.7 Å². The Labute approximate surface area is 163 Å². The van der Waals surface area contributed by atoms with Crippen LogP contribution in [-0.2, 0) is 33.6 Å². The van der Waals surface area contributed by atoms with Crippen LogP contribution in [0.1, 0.15) is 36.3 Å². The number of amides is 1. The maximum Gasteiger partial charge on any atom is 0.312 e. The number of H-pyrrole nitrogens is 1. The Hall–Kier alpha value is -3.24. The number of piperidine rings is 1. The van der Waals surface area contributed by atoms with Crippen LogP contribution < -0.4 is 5.56 Å². The Morgan fingerprint density at radius 3 is 2.34 bits per heavy atom. The van der Waals surface area contributed by atoms with E-state index in [-0.39, 0.29) is 43.1 Å². The second-order valence-electron chi connectivity index (χ2n) is 8.23. The number of likely N-dealkylation sites (tertiary alicyclic amines) is 1. The topological polar surface area (TPSA) is 158 Å². The molecule has 0 aromatic carbocycles. The summed E-state index contributed by atoms with van der Waals surface area (Å²) in [6, 6.07) is 0. The summed E-state index contributed by atoms with van der Waals surface area (Å²) in [7, 11) is 0. The Kier molecular flexibility index (Phi) is 3.47. The number of aryl methyl sites for hydroxylation is 1. The van der Waals surface area contributed by atoms with Gasteiger partial charge < -0.3 is 15.1 Å². The van der Waals surface area contributed by atoms with Crippen LogP contribution in [-0.4, -0.2) is 65.6 Å². The number of aliphatic carboxylic acids is 2. The van der Waals surface area contributed by atoms with Crippen LogP contribution in [0.4, 0.5) is 0 Å². The molecule has 2 aliphatic carbocycles. The maximum absolute atomic E-state index is 12.7. The number of aromatic nitrogens is 4. The Bertz CT molecular complexity index is 1120. The molecule has 3 heterocycles. The number of rotatable bonds is 4. The van der Waals surface area contributed by atoms with Gasteiger partial charge in [0.05, 0.1) is 12.1 Å². The van der Waals surface area contributed by atoms with Crippen molar-refractivity contribution in [1.29, 1.82) is 0 Å². The van der Waals surface area contributed by atoms with Crippen LogP contribution in [0.3, 0.4) is 0 Å². The van der Waals surface area contributed by atoms with Gasteiger partial charge in [-0.2, -0.15) is 9.50 Å². The summed E-state index contributed by atoms with van der Waals surface area (Å²) >= 11 is 0. The highest BCUT2D eigenvalue weighted by atomic mass is 16.4. The molecule has 1 saturated carbocycles. The van der Waals surface area contributed by atoms with Gasteiger partial charge in [-0.3, -0.25) is 24.3 Å². The number of aromatic amines is 1. The standard InChI is InChI=1S/C18H19N5O6/c24-12(22-7-17(14(26)27)6-18(17,8-22)15(28)29)5-11-20-16-19-10-4-2-1-3-9(10)13(25)23(16)21-11/h1-8H2,(H,26,27)(H,28,29)(H,19,20,21)/t17-,18+. The monoisotopic (exact) mass is 401 g/mol. The van der Waals surface area contributed by atoms with Gasteiger partial charge >= 0.3 is 11.9 Å². The van der Waals surface area contributed by atoms with Gasteiger partial charge in [-0.05, 0) is 32.1 Å². The van der Waals surface area contributed by atoms with E-state index in [0.29, 0.717) is 12.0 Å². The normalized spacial score (nSPS) is 27.5. The van der Waals surface area contributed by atoms with Gasteiger partial charge in [0.2, 0.25) is 5.91 Å². The minimum absolute atomic E-state index is 0.0317. The summed E-state index contributed by atoms with van der Waals surface area (Å²) in [5.41, 5.74) is -1.63. The summed E-state index contributed by atoms with van der Waals surface area (Å²) in [5, 5.41) is 21.8. The summed E-state index contributed by atoms with van der Waals surface area (Å²) in [6.07, 6.45) is 3.13. The molecule has 3 aliphatic rings. The average molecular weight is 401 g/mol. The lowest BCUT2D eigenvalue weighted by atomic mass is 9.97. The molecule has 11 nitrogen and oxygen atoms in total. The molecular formula is C18H19N5O6. The molecule has 3 N–H and O–H groups in total. The van der Waals surface area contributed by atoms with E-state index in [1.807, 2.05) is 0 Å². The zero-order valence-electron chi connectivity index (χ0n) is 15.5. The Morgan fingerprint density at radius 1 is 1.03 bits per heavy atom. The van der Waals surface area contributed by atoms with Crippen LogP contribution >= 0.6 is 0 Å². The summed E-state index contributed by atoms with van der Waals surface area (Å²) < 4.78 is 1.23. The van der Waals surface area contributed by atoms with Gasteiger partial charge in [0.1, 0.15) is 16.7 Å². The van der Waals surface area contributed by atoms with Gasteiger partial charge in [0.25, 0.3) is 11.3 Å². The zero-order chi connectivity index (χ0) is 20.6. The number of nitrogens with zero attached hydrogens (tertiary/aromatic N) is 4. The molecule has 2 aromatic heterocycles. The molecule has 1 saturated heterocycles. The van der Waals surface area contributed by atoms with Gasteiger partial charge in [0, 0.05) is 18.7 Å². The first kappa shape index (κ1) is 17.8. The van der Waals surface area contributed by atoms with Crippen LogP contribution in [0.2, 0.25) is 0 Å². The van der Waals surface area contributed by atoms with Crippen molar-refractivity contribution in [2.45, 2.75) is 38.5 Å². The highest BCUT2D eigenvalue weighted by molar-refractivity contribution is 5.96. The molecule has 0 spiro atoms. The summed E-state index contributed by atoms with van der Waals surface area (Å²) in [5.74, 6) is -2.39. The summed E-state index contributed by atoms with van der Waals surface area (Å²) in [6.45, 7) is -0.277. The third-order valence-electron chi connectivity index (χ3n) is 6.62. The fourth-order valence-corrected chi connectivity index (χ4v) is 4.89. The Morgan fingerprint density at radius 2 is 1.69 bits per heavy atom. The number of carbonyl (C=O) groups is 3. The molecule has 152 valence electrons. The quantitative estimate of drug-likeness (QED) is 0.602. The lowest BCUT2D eigenvalue weighted by Gasteiger charge is -2.19. The molecule has 0 unspecified atom stereocenters. The number of nitrogens with one attached hydrogen (secondary N) is 1. The van der Waals surface area contributed by atoms with Crippen LogP contribution in [0.25, 0.3) is 5.78 Å². The number of carboxylic acid groups (broad SMARTS) is 2. The molecule has 29 heavy (non-hydrogen) atoms. The Balaban J connectivity index is 1.40. The largest absolute Gasteiger partial charge is 0.481 e. The molecule has 1 amide bonds. The van der Waals surface area contributed by atoms with Crippen molar-refractivity contribution < 1.29 is 24.6 Å². The van der Waals surface area contributed by atoms with Crippen molar-refractivity contribution >= 4 is 23.6 Å². The molecule has 0 bridgehead atoms. The predicted molar refractivity (Wildman–Crippen MR) is 95.3 cm³/mol. The first-order valence-corrected chi connectivity index (χ1v) is 9.51. The maximum atomic E-state index is 12.7. The van der Waals surface area contributed by atoms with Crippen molar-refractivity contribution in [3.8, 4) is 0 Å². The predicted octanol–water partition coefficient (Wildman–Crippen LogP) is -0.773. The first-order chi connectivity index (χ1) is 13.8. The van der Waals surface area contributed by atoms with Crippen LogP contribution in [0, 0.1) is 10.8 Å². The van der Waals surface area contributed by atoms with Crippen molar-refractivity contribution in [3.63, 3.8) is 0 Å². The fraction of sp³-hybridized carbons (Fsp3) is 0.556. The fourth-order valence-electron chi connectivity index (χ4n) is 4.89. The SMILES string of the molecule is O=C(Cc1nc2nc3c(c(=O)n2[nH]1)CCCC3)N1C[C@@]2(C(=O)O)C[C@@]2(C(=O)O)C1.